The fourth-order valence-electron chi connectivity index (χ4n) is 3.87. The molecule has 5 rings (SSSR count). The first-order chi connectivity index (χ1) is 14.7. The molecule has 0 spiro atoms. The first-order valence-electron chi connectivity index (χ1n) is 10.00. The molecule has 0 bridgehead atoms. The second-order valence-electron chi connectivity index (χ2n) is 7.38. The van der Waals surface area contributed by atoms with E-state index in [4.69, 9.17) is 9.97 Å². The summed E-state index contributed by atoms with van der Waals surface area (Å²) in [5.41, 5.74) is 3.00. The molecule has 1 saturated heterocycles. The van der Waals surface area contributed by atoms with Gasteiger partial charge in [-0.3, -0.25) is 9.78 Å². The lowest BCUT2D eigenvalue weighted by atomic mass is 10.1. The van der Waals surface area contributed by atoms with Gasteiger partial charge in [-0.05, 0) is 24.6 Å². The molecule has 1 fully saturated rings. The Morgan fingerprint density at radius 2 is 1.93 bits per heavy atom. The normalized spacial score (nSPS) is 17.0. The quantitative estimate of drug-likeness (QED) is 0.545. The van der Waals surface area contributed by atoms with Crippen molar-refractivity contribution in [3.05, 3.63) is 60.1 Å². The van der Waals surface area contributed by atoms with Gasteiger partial charge in [0.15, 0.2) is 5.82 Å². The van der Waals surface area contributed by atoms with E-state index in [-0.39, 0.29) is 11.9 Å². The Hall–Kier alpha value is -3.32. The highest BCUT2D eigenvalue weighted by Crippen LogP contribution is 2.40. The average Bonchev–Trinajstić information content (AvgIpc) is 3.13. The van der Waals surface area contributed by atoms with E-state index in [0.29, 0.717) is 25.3 Å². The second-order valence-corrected chi connectivity index (χ2v) is 8.24. The minimum Gasteiger partial charge on any atom is -0.354 e. The molecule has 30 heavy (non-hydrogen) atoms. The van der Waals surface area contributed by atoms with Gasteiger partial charge in [-0.1, -0.05) is 36.4 Å². The van der Waals surface area contributed by atoms with Crippen molar-refractivity contribution >= 4 is 33.3 Å². The van der Waals surface area contributed by atoms with Gasteiger partial charge in [0.2, 0.25) is 5.91 Å². The molecular formula is C23H21N5OS. The topological polar surface area (TPSA) is 71.0 Å². The summed E-state index contributed by atoms with van der Waals surface area (Å²) in [6.07, 6.45) is 2.19. The molecule has 7 heteroatoms. The number of carbonyl (C=O) groups is 1. The predicted molar refractivity (Wildman–Crippen MR) is 121 cm³/mol. The lowest BCUT2D eigenvalue weighted by molar-refractivity contribution is -0.120. The van der Waals surface area contributed by atoms with Crippen molar-refractivity contribution < 1.29 is 4.79 Å². The van der Waals surface area contributed by atoms with E-state index in [1.54, 1.807) is 17.5 Å². The molecule has 150 valence electrons. The summed E-state index contributed by atoms with van der Waals surface area (Å²) in [5, 5.41) is 6.15. The zero-order valence-corrected chi connectivity index (χ0v) is 17.4. The van der Waals surface area contributed by atoms with E-state index in [1.165, 1.54) is 0 Å². The van der Waals surface area contributed by atoms with Crippen molar-refractivity contribution in [1.29, 1.82) is 0 Å². The number of carbonyl (C=O) groups excluding carboxylic acids is 1. The van der Waals surface area contributed by atoms with Crippen molar-refractivity contribution in [2.24, 2.45) is 0 Å². The van der Waals surface area contributed by atoms with Crippen LogP contribution >= 0.6 is 11.3 Å². The number of fused-ring (bicyclic) bond motifs is 1. The Morgan fingerprint density at radius 3 is 2.73 bits per heavy atom. The Bertz CT molecular complexity index is 1190. The van der Waals surface area contributed by atoms with Crippen LogP contribution < -0.4 is 10.2 Å². The number of benzene rings is 1. The maximum Gasteiger partial charge on any atom is 0.222 e. The van der Waals surface area contributed by atoms with Gasteiger partial charge >= 0.3 is 0 Å². The monoisotopic (exact) mass is 415 g/mol. The number of rotatable bonds is 3. The van der Waals surface area contributed by atoms with Crippen LogP contribution in [0.3, 0.4) is 0 Å². The maximum atomic E-state index is 12.1. The van der Waals surface area contributed by atoms with Crippen LogP contribution in [0.1, 0.15) is 13.3 Å². The fraction of sp³-hybridized carbons (Fsp3) is 0.217. The summed E-state index contributed by atoms with van der Waals surface area (Å²) in [5.74, 6) is 1.55. The molecule has 1 N–H and O–H groups in total. The summed E-state index contributed by atoms with van der Waals surface area (Å²) < 4.78 is 0. The number of anilines is 1. The fourth-order valence-corrected chi connectivity index (χ4v) is 4.81. The van der Waals surface area contributed by atoms with Crippen LogP contribution in [-0.2, 0) is 4.79 Å². The number of thiophene rings is 1. The van der Waals surface area contributed by atoms with Gasteiger partial charge in [-0.2, -0.15) is 0 Å². The molecule has 1 amide bonds. The molecular weight excluding hydrogens is 394 g/mol. The van der Waals surface area contributed by atoms with E-state index >= 15 is 0 Å². The SMILES string of the molecule is C[C@@H]1CC(=O)NCCN1c1nc(-c2ccccn2)nc2scc(-c3ccccc3)c12. The summed E-state index contributed by atoms with van der Waals surface area (Å²) in [4.78, 5) is 29.5. The third-order valence-corrected chi connectivity index (χ3v) is 6.23. The lowest BCUT2D eigenvalue weighted by Gasteiger charge is -2.28. The molecule has 0 radical (unpaired) electrons. The van der Waals surface area contributed by atoms with Gasteiger partial charge in [0, 0.05) is 42.7 Å². The van der Waals surface area contributed by atoms with Gasteiger partial charge in [0.05, 0.1) is 5.39 Å². The van der Waals surface area contributed by atoms with Crippen LogP contribution in [-0.4, -0.2) is 40.0 Å². The van der Waals surface area contributed by atoms with E-state index in [9.17, 15) is 4.79 Å². The van der Waals surface area contributed by atoms with E-state index in [1.807, 2.05) is 36.4 Å². The lowest BCUT2D eigenvalue weighted by Crippen LogP contribution is -2.35. The van der Waals surface area contributed by atoms with Crippen LogP contribution in [0.25, 0.3) is 32.9 Å². The molecule has 6 nitrogen and oxygen atoms in total. The molecule has 3 aromatic heterocycles. The predicted octanol–water partition coefficient (Wildman–Crippen LogP) is 4.14. The Labute approximate surface area is 178 Å². The zero-order valence-electron chi connectivity index (χ0n) is 16.6. The van der Waals surface area contributed by atoms with Crippen molar-refractivity contribution in [2.75, 3.05) is 18.0 Å². The maximum absolute atomic E-state index is 12.1. The standard InChI is InChI=1S/C23H21N5OS/c1-15-13-19(29)25-11-12-28(15)22-20-17(16-7-3-2-4-8-16)14-30-23(20)27-21(26-22)18-9-5-6-10-24-18/h2-10,14-15H,11-13H2,1H3,(H,25,29)/t15-/m1/s1. The first kappa shape index (κ1) is 18.7. The molecule has 1 aromatic carbocycles. The highest BCUT2D eigenvalue weighted by molar-refractivity contribution is 7.17. The molecule has 4 heterocycles. The van der Waals surface area contributed by atoms with E-state index in [0.717, 1.165) is 32.9 Å². The molecule has 1 aliphatic heterocycles. The van der Waals surface area contributed by atoms with Crippen LogP contribution in [0, 0.1) is 0 Å². The molecule has 1 aliphatic rings. The molecule has 0 aliphatic carbocycles. The minimum absolute atomic E-state index is 0.0331. The number of nitrogens with one attached hydrogen (secondary N) is 1. The molecule has 0 unspecified atom stereocenters. The average molecular weight is 416 g/mol. The largest absolute Gasteiger partial charge is 0.354 e. The first-order valence-corrected chi connectivity index (χ1v) is 10.9. The molecule has 4 aromatic rings. The second kappa shape index (κ2) is 7.84. The van der Waals surface area contributed by atoms with Crippen LogP contribution in [0.4, 0.5) is 5.82 Å². The number of pyridine rings is 1. The van der Waals surface area contributed by atoms with Gasteiger partial charge in [-0.15, -0.1) is 11.3 Å². The van der Waals surface area contributed by atoms with Crippen molar-refractivity contribution in [1.82, 2.24) is 20.3 Å². The van der Waals surface area contributed by atoms with E-state index in [2.05, 4.69) is 39.6 Å². The summed E-state index contributed by atoms with van der Waals surface area (Å²) >= 11 is 1.61. The van der Waals surface area contributed by atoms with Crippen LogP contribution in [0.5, 0.6) is 0 Å². The minimum atomic E-state index is 0.0331. The number of hydrogen-bond donors (Lipinski definition) is 1. The van der Waals surface area contributed by atoms with Gasteiger partial charge in [-0.25, -0.2) is 9.97 Å². The van der Waals surface area contributed by atoms with Gasteiger partial charge < -0.3 is 10.2 Å². The van der Waals surface area contributed by atoms with E-state index < -0.39 is 0 Å². The zero-order chi connectivity index (χ0) is 20.5. The van der Waals surface area contributed by atoms with Gasteiger partial charge in [0.25, 0.3) is 0 Å². The number of aromatic nitrogens is 3. The van der Waals surface area contributed by atoms with Crippen molar-refractivity contribution in [3.63, 3.8) is 0 Å². The summed E-state index contributed by atoms with van der Waals surface area (Å²) in [6.45, 7) is 3.37. The number of hydrogen-bond acceptors (Lipinski definition) is 6. The van der Waals surface area contributed by atoms with Crippen molar-refractivity contribution in [2.45, 2.75) is 19.4 Å². The van der Waals surface area contributed by atoms with Gasteiger partial charge in [0.1, 0.15) is 16.3 Å². The number of nitrogens with zero attached hydrogens (tertiary/aromatic N) is 4. The Balaban J connectivity index is 1.74. The Morgan fingerprint density at radius 1 is 1.10 bits per heavy atom. The molecule has 0 saturated carbocycles. The van der Waals surface area contributed by atoms with Crippen LogP contribution in [0.15, 0.2) is 60.1 Å². The summed E-state index contributed by atoms with van der Waals surface area (Å²) in [6, 6.07) is 16.1. The smallest absolute Gasteiger partial charge is 0.222 e. The highest BCUT2D eigenvalue weighted by atomic mass is 32.1. The summed E-state index contributed by atoms with van der Waals surface area (Å²) in [7, 11) is 0. The Kier molecular flexibility index (Phi) is 4.88. The van der Waals surface area contributed by atoms with Crippen molar-refractivity contribution in [3.8, 4) is 22.6 Å². The third-order valence-electron chi connectivity index (χ3n) is 5.35. The third kappa shape index (κ3) is 3.41. The molecule has 1 atom stereocenters. The number of amides is 1. The highest BCUT2D eigenvalue weighted by Gasteiger charge is 2.27. The van der Waals surface area contributed by atoms with Crippen LogP contribution in [0.2, 0.25) is 0 Å².